The van der Waals surface area contributed by atoms with Crippen LogP contribution in [-0.4, -0.2) is 54.0 Å². The number of carbonyl (C=O) groups is 1. The van der Waals surface area contributed by atoms with Gasteiger partial charge in [0.2, 0.25) is 0 Å². The van der Waals surface area contributed by atoms with Crippen molar-refractivity contribution >= 4 is 15.7 Å². The molecule has 0 aromatic carbocycles. The molecule has 1 N–H and O–H groups in total. The number of aromatic nitrogens is 2. The second kappa shape index (κ2) is 6.40. The van der Waals surface area contributed by atoms with Crippen molar-refractivity contribution in [2.24, 2.45) is 0 Å². The lowest BCUT2D eigenvalue weighted by atomic mass is 9.93. The summed E-state index contributed by atoms with van der Waals surface area (Å²) in [6, 6.07) is 1.48. The van der Waals surface area contributed by atoms with Crippen LogP contribution < -0.4 is 0 Å². The van der Waals surface area contributed by atoms with Crippen molar-refractivity contribution in [1.29, 1.82) is 0 Å². The number of amides is 1. The second-order valence-corrected chi connectivity index (χ2v) is 8.76. The molecular formula is C15H25N3O3S. The molecule has 1 amide bonds. The highest BCUT2D eigenvalue weighted by molar-refractivity contribution is 7.91. The molecule has 2 atom stereocenters. The number of sulfone groups is 1. The number of rotatable bonds is 4. The van der Waals surface area contributed by atoms with E-state index in [0.717, 1.165) is 25.0 Å². The monoisotopic (exact) mass is 327 g/mol. The molecule has 1 aliphatic rings. The standard InChI is InChI=1S/C15H25N3O3S/c1-10(2)11-9-12(17-16-11)15(19)18(3)13-7-5-6-8-14(13)22(4,20)21/h9-10,13-14H,5-8H2,1-4H3,(H,16,17). The fourth-order valence-electron chi connectivity index (χ4n) is 3.09. The molecule has 22 heavy (non-hydrogen) atoms. The van der Waals surface area contributed by atoms with Crippen LogP contribution in [0.3, 0.4) is 0 Å². The predicted molar refractivity (Wildman–Crippen MR) is 85.7 cm³/mol. The van der Waals surface area contributed by atoms with E-state index >= 15 is 0 Å². The molecule has 1 fully saturated rings. The van der Waals surface area contributed by atoms with Crippen LogP contribution in [0, 0.1) is 0 Å². The van der Waals surface area contributed by atoms with Crippen LogP contribution in [0.5, 0.6) is 0 Å². The van der Waals surface area contributed by atoms with Crippen LogP contribution in [0.1, 0.15) is 61.6 Å². The lowest BCUT2D eigenvalue weighted by molar-refractivity contribution is 0.0694. The molecule has 0 aliphatic heterocycles. The number of aromatic amines is 1. The molecule has 6 nitrogen and oxygen atoms in total. The minimum absolute atomic E-state index is 0.219. The molecule has 1 heterocycles. The smallest absolute Gasteiger partial charge is 0.274 e. The van der Waals surface area contributed by atoms with E-state index in [1.165, 1.54) is 6.26 Å². The van der Waals surface area contributed by atoms with Gasteiger partial charge in [0.05, 0.1) is 5.25 Å². The molecular weight excluding hydrogens is 302 g/mol. The average Bonchev–Trinajstić information content (AvgIpc) is 2.95. The summed E-state index contributed by atoms with van der Waals surface area (Å²) in [7, 11) is -1.49. The Kier molecular flexibility index (Phi) is 4.94. The van der Waals surface area contributed by atoms with Crippen LogP contribution in [0.25, 0.3) is 0 Å². The first kappa shape index (κ1) is 17.0. The summed E-state index contributed by atoms with van der Waals surface area (Å²) in [5, 5.41) is 6.47. The Morgan fingerprint density at radius 1 is 1.36 bits per heavy atom. The summed E-state index contributed by atoms with van der Waals surface area (Å²) in [5.41, 5.74) is 1.25. The Morgan fingerprint density at radius 3 is 2.55 bits per heavy atom. The minimum atomic E-state index is -3.17. The van der Waals surface area contributed by atoms with Crippen LogP contribution in [-0.2, 0) is 9.84 Å². The Balaban J connectivity index is 2.20. The van der Waals surface area contributed by atoms with Crippen LogP contribution in [0.15, 0.2) is 6.07 Å². The topological polar surface area (TPSA) is 83.1 Å². The second-order valence-electron chi connectivity index (χ2n) is 6.50. The number of nitrogens with one attached hydrogen (secondary N) is 1. The van der Waals surface area contributed by atoms with Gasteiger partial charge in [0.25, 0.3) is 5.91 Å². The lowest BCUT2D eigenvalue weighted by Gasteiger charge is -2.36. The van der Waals surface area contributed by atoms with Crippen LogP contribution >= 0.6 is 0 Å². The maximum atomic E-state index is 12.6. The third-order valence-electron chi connectivity index (χ3n) is 4.47. The van der Waals surface area contributed by atoms with Gasteiger partial charge in [-0.05, 0) is 24.8 Å². The summed E-state index contributed by atoms with van der Waals surface area (Å²) < 4.78 is 24.0. The van der Waals surface area contributed by atoms with Crippen molar-refractivity contribution in [3.05, 3.63) is 17.5 Å². The minimum Gasteiger partial charge on any atom is -0.336 e. The molecule has 124 valence electrons. The van der Waals surface area contributed by atoms with Crippen LogP contribution in [0.4, 0.5) is 0 Å². The lowest BCUT2D eigenvalue weighted by Crippen LogP contribution is -2.49. The molecule has 1 aromatic rings. The van der Waals surface area contributed by atoms with E-state index in [-0.39, 0.29) is 17.9 Å². The first-order valence-electron chi connectivity index (χ1n) is 7.73. The Morgan fingerprint density at radius 2 is 2.00 bits per heavy atom. The molecule has 0 radical (unpaired) electrons. The summed E-state index contributed by atoms with van der Waals surface area (Å²) in [6.45, 7) is 4.04. The highest BCUT2D eigenvalue weighted by atomic mass is 32.2. The van der Waals surface area contributed by atoms with Gasteiger partial charge in [-0.1, -0.05) is 26.7 Å². The van der Waals surface area contributed by atoms with Crippen molar-refractivity contribution in [3.8, 4) is 0 Å². The van der Waals surface area contributed by atoms with Gasteiger partial charge in [-0.2, -0.15) is 5.10 Å². The fraction of sp³-hybridized carbons (Fsp3) is 0.733. The zero-order valence-corrected chi connectivity index (χ0v) is 14.5. The predicted octanol–water partition coefficient (Wildman–Crippen LogP) is 1.96. The molecule has 7 heteroatoms. The first-order chi connectivity index (χ1) is 10.2. The van der Waals surface area contributed by atoms with Crippen molar-refractivity contribution < 1.29 is 13.2 Å². The maximum absolute atomic E-state index is 12.6. The van der Waals surface area contributed by atoms with Gasteiger partial charge in [0, 0.05) is 25.0 Å². The van der Waals surface area contributed by atoms with Gasteiger partial charge in [0.1, 0.15) is 5.69 Å². The normalized spacial score (nSPS) is 22.8. The van der Waals surface area contributed by atoms with Crippen molar-refractivity contribution in [2.75, 3.05) is 13.3 Å². The van der Waals surface area contributed by atoms with Gasteiger partial charge < -0.3 is 4.90 Å². The van der Waals surface area contributed by atoms with Gasteiger partial charge >= 0.3 is 0 Å². The summed E-state index contributed by atoms with van der Waals surface area (Å²) in [5.74, 6) is 0.0431. The Bertz CT molecular complexity index is 636. The molecule has 1 aromatic heterocycles. The van der Waals surface area contributed by atoms with Crippen LogP contribution in [0.2, 0.25) is 0 Å². The van der Waals surface area contributed by atoms with Gasteiger partial charge in [0.15, 0.2) is 9.84 Å². The summed E-state index contributed by atoms with van der Waals surface area (Å²) in [4.78, 5) is 14.2. The van der Waals surface area contributed by atoms with E-state index in [9.17, 15) is 13.2 Å². The third kappa shape index (κ3) is 3.51. The van der Waals surface area contributed by atoms with Crippen molar-refractivity contribution in [3.63, 3.8) is 0 Å². The molecule has 0 spiro atoms. The van der Waals surface area contributed by atoms with E-state index in [0.29, 0.717) is 12.1 Å². The highest BCUT2D eigenvalue weighted by Gasteiger charge is 2.37. The van der Waals surface area contributed by atoms with Crippen molar-refractivity contribution in [1.82, 2.24) is 15.1 Å². The van der Waals surface area contributed by atoms with E-state index in [1.807, 2.05) is 13.8 Å². The van der Waals surface area contributed by atoms with E-state index in [4.69, 9.17) is 0 Å². The number of hydrogen-bond donors (Lipinski definition) is 1. The first-order valence-corrected chi connectivity index (χ1v) is 9.68. The number of H-pyrrole nitrogens is 1. The average molecular weight is 327 g/mol. The van der Waals surface area contributed by atoms with Gasteiger partial charge in [-0.15, -0.1) is 0 Å². The third-order valence-corrected chi connectivity index (χ3v) is 6.12. The zero-order chi connectivity index (χ0) is 16.5. The highest BCUT2D eigenvalue weighted by Crippen LogP contribution is 2.28. The molecule has 1 saturated carbocycles. The molecule has 2 rings (SSSR count). The Labute approximate surface area is 132 Å². The number of carbonyl (C=O) groups excluding carboxylic acids is 1. The molecule has 2 unspecified atom stereocenters. The Hall–Kier alpha value is -1.37. The fourth-order valence-corrected chi connectivity index (χ4v) is 4.58. The largest absolute Gasteiger partial charge is 0.336 e. The number of nitrogens with zero attached hydrogens (tertiary/aromatic N) is 2. The summed E-state index contributed by atoms with van der Waals surface area (Å²) in [6.07, 6.45) is 4.46. The van der Waals surface area contributed by atoms with E-state index < -0.39 is 15.1 Å². The zero-order valence-electron chi connectivity index (χ0n) is 13.7. The maximum Gasteiger partial charge on any atom is 0.274 e. The van der Waals surface area contributed by atoms with E-state index in [2.05, 4.69) is 10.2 Å². The van der Waals surface area contributed by atoms with E-state index in [1.54, 1.807) is 18.0 Å². The van der Waals surface area contributed by atoms with Crippen molar-refractivity contribution in [2.45, 2.75) is 56.7 Å². The summed E-state index contributed by atoms with van der Waals surface area (Å²) >= 11 is 0. The van der Waals surface area contributed by atoms with Gasteiger partial charge in [-0.3, -0.25) is 9.89 Å². The molecule has 0 bridgehead atoms. The molecule has 0 saturated heterocycles. The quantitative estimate of drug-likeness (QED) is 0.916. The number of hydrogen-bond acceptors (Lipinski definition) is 4. The SMILES string of the molecule is CC(C)c1cc(C(=O)N(C)C2CCCCC2S(C)(=O)=O)n[nH]1. The molecule has 1 aliphatic carbocycles. The van der Waals surface area contributed by atoms with Gasteiger partial charge in [-0.25, -0.2) is 8.42 Å².